The van der Waals surface area contributed by atoms with Gasteiger partial charge in [0.2, 0.25) is 5.95 Å². The van der Waals surface area contributed by atoms with Crippen molar-refractivity contribution in [1.82, 2.24) is 15.0 Å². The lowest BCUT2D eigenvalue weighted by molar-refractivity contribution is -0.129. The van der Waals surface area contributed by atoms with E-state index in [2.05, 4.69) is 42.7 Å². The first-order chi connectivity index (χ1) is 16.8. The van der Waals surface area contributed by atoms with Crippen LogP contribution in [0.25, 0.3) is 0 Å². The molecule has 35 heavy (non-hydrogen) atoms. The molecule has 1 amide bonds. The van der Waals surface area contributed by atoms with Crippen LogP contribution in [0.4, 0.5) is 39.2 Å². The second kappa shape index (κ2) is 8.99. The smallest absolute Gasteiger partial charge is 0.269 e. The molecule has 0 spiro atoms. The first kappa shape index (κ1) is 22.8. The molecular formula is C24H26FN7O3. The number of fused-ring (bicyclic) bond motifs is 1. The van der Waals surface area contributed by atoms with E-state index in [4.69, 9.17) is 9.47 Å². The Morgan fingerprint density at radius 3 is 2.71 bits per heavy atom. The summed E-state index contributed by atoms with van der Waals surface area (Å²) in [5.74, 6) is 0.176. The predicted molar refractivity (Wildman–Crippen MR) is 130 cm³/mol. The number of rotatable bonds is 5. The van der Waals surface area contributed by atoms with Gasteiger partial charge in [0, 0.05) is 24.5 Å². The monoisotopic (exact) mass is 479 g/mol. The molecule has 10 nitrogen and oxygen atoms in total. The fourth-order valence-electron chi connectivity index (χ4n) is 3.84. The molecular weight excluding hydrogens is 453 g/mol. The van der Waals surface area contributed by atoms with Crippen LogP contribution in [0, 0.1) is 5.82 Å². The highest BCUT2D eigenvalue weighted by Gasteiger charge is 2.36. The van der Waals surface area contributed by atoms with Crippen molar-refractivity contribution in [2.75, 3.05) is 40.5 Å². The molecule has 2 aromatic heterocycles. The maximum absolute atomic E-state index is 14.4. The number of nitrogens with zero attached hydrogens (tertiary/aromatic N) is 4. The van der Waals surface area contributed by atoms with E-state index in [1.165, 1.54) is 0 Å². The second-order valence-electron chi connectivity index (χ2n) is 8.92. The summed E-state index contributed by atoms with van der Waals surface area (Å²) < 4.78 is 25.7. The molecule has 0 saturated carbocycles. The minimum atomic E-state index is -0.998. The third kappa shape index (κ3) is 4.94. The fraction of sp³-hybridized carbons (Fsp3) is 0.333. The molecule has 5 rings (SSSR count). The highest BCUT2D eigenvalue weighted by atomic mass is 19.1. The van der Waals surface area contributed by atoms with Crippen molar-refractivity contribution in [2.24, 2.45) is 0 Å². The molecule has 182 valence electrons. The number of carbonyl (C=O) groups is 1. The molecule has 0 unspecified atom stereocenters. The molecule has 1 atom stereocenters. The van der Waals surface area contributed by atoms with Crippen molar-refractivity contribution < 1.29 is 18.7 Å². The molecule has 1 saturated heterocycles. The lowest BCUT2D eigenvalue weighted by Gasteiger charge is -2.33. The summed E-state index contributed by atoms with van der Waals surface area (Å²) in [5.41, 5.74) is 0.870. The highest BCUT2D eigenvalue weighted by Crippen LogP contribution is 2.33. The maximum atomic E-state index is 14.4. The van der Waals surface area contributed by atoms with Gasteiger partial charge in [-0.3, -0.25) is 4.79 Å². The Balaban J connectivity index is 1.29. The van der Waals surface area contributed by atoms with Crippen LogP contribution in [0.1, 0.15) is 20.8 Å². The number of hydrogen-bond acceptors (Lipinski definition) is 9. The van der Waals surface area contributed by atoms with Crippen molar-refractivity contribution >= 4 is 40.7 Å². The quantitative estimate of drug-likeness (QED) is 0.502. The van der Waals surface area contributed by atoms with E-state index in [1.54, 1.807) is 26.0 Å². The van der Waals surface area contributed by atoms with Gasteiger partial charge < -0.3 is 30.3 Å². The van der Waals surface area contributed by atoms with Crippen molar-refractivity contribution in [3.05, 3.63) is 48.4 Å². The van der Waals surface area contributed by atoms with E-state index in [1.807, 2.05) is 24.3 Å². The van der Waals surface area contributed by atoms with Gasteiger partial charge in [0.25, 0.3) is 5.91 Å². The predicted octanol–water partition coefficient (Wildman–Crippen LogP) is 3.83. The maximum Gasteiger partial charge on any atom is 0.269 e. The topological polar surface area (TPSA) is 114 Å². The largest absolute Gasteiger partial charge is 0.474 e. The molecule has 0 bridgehead atoms. The van der Waals surface area contributed by atoms with Gasteiger partial charge in [-0.05, 0) is 57.2 Å². The minimum absolute atomic E-state index is 0.0581. The van der Waals surface area contributed by atoms with Gasteiger partial charge in [-0.15, -0.1) is 0 Å². The molecule has 0 aliphatic carbocycles. The molecule has 4 heterocycles. The van der Waals surface area contributed by atoms with Crippen LogP contribution in [0.5, 0.6) is 5.75 Å². The van der Waals surface area contributed by atoms with Crippen LogP contribution in [-0.4, -0.2) is 52.3 Å². The van der Waals surface area contributed by atoms with E-state index in [-0.39, 0.29) is 29.6 Å². The second-order valence-corrected chi connectivity index (χ2v) is 8.92. The molecule has 2 aliphatic rings. The Morgan fingerprint density at radius 1 is 1.14 bits per heavy atom. The Bertz CT molecular complexity index is 1250. The molecule has 2 aliphatic heterocycles. The summed E-state index contributed by atoms with van der Waals surface area (Å²) in [6.45, 7) is 7.78. The summed E-state index contributed by atoms with van der Waals surface area (Å²) in [6, 6.07) is 11.1. The van der Waals surface area contributed by atoms with Gasteiger partial charge in [0.15, 0.2) is 28.8 Å². The summed E-state index contributed by atoms with van der Waals surface area (Å²) in [7, 11) is 0. The number of benzene rings is 1. The van der Waals surface area contributed by atoms with Crippen molar-refractivity contribution in [2.45, 2.75) is 32.5 Å². The van der Waals surface area contributed by atoms with E-state index < -0.39 is 11.4 Å². The Morgan fingerprint density at radius 2 is 1.94 bits per heavy atom. The highest BCUT2D eigenvalue weighted by molar-refractivity contribution is 5.99. The number of aromatic nitrogens is 3. The number of halogens is 1. The normalized spacial score (nSPS) is 18.8. The Labute approximate surface area is 201 Å². The van der Waals surface area contributed by atoms with Gasteiger partial charge in [0.1, 0.15) is 5.82 Å². The lowest BCUT2D eigenvalue weighted by atomic mass is 10.1. The molecule has 1 fully saturated rings. The number of anilines is 6. The van der Waals surface area contributed by atoms with Crippen LogP contribution in [0.15, 0.2) is 42.6 Å². The van der Waals surface area contributed by atoms with Crippen LogP contribution < -0.4 is 25.6 Å². The number of ether oxygens (including phenoxy) is 2. The van der Waals surface area contributed by atoms with Crippen LogP contribution in [0.2, 0.25) is 0 Å². The van der Waals surface area contributed by atoms with Gasteiger partial charge in [-0.2, -0.15) is 4.98 Å². The summed E-state index contributed by atoms with van der Waals surface area (Å²) in [4.78, 5) is 27.0. The van der Waals surface area contributed by atoms with Crippen molar-refractivity contribution in [3.8, 4) is 5.75 Å². The minimum Gasteiger partial charge on any atom is -0.474 e. The fourth-order valence-corrected chi connectivity index (χ4v) is 3.84. The molecule has 11 heteroatoms. The van der Waals surface area contributed by atoms with E-state index in [0.29, 0.717) is 18.2 Å². The van der Waals surface area contributed by atoms with Gasteiger partial charge >= 0.3 is 0 Å². The Kier molecular flexibility index (Phi) is 5.85. The molecule has 3 N–H and O–H groups in total. The molecule has 0 radical (unpaired) electrons. The SMILES string of the molecule is C[C@@H]1CN(c2ccc(Nc3ncc(F)c(Nc4ccc5c(n4)NC(=O)C(C)(C)O5)n3)cc2)CCO1. The van der Waals surface area contributed by atoms with E-state index in [0.717, 1.165) is 30.7 Å². The number of nitrogens with one attached hydrogen (secondary N) is 3. The average Bonchev–Trinajstić information content (AvgIpc) is 2.82. The summed E-state index contributed by atoms with van der Waals surface area (Å²) in [6.07, 6.45) is 1.27. The van der Waals surface area contributed by atoms with E-state index >= 15 is 0 Å². The zero-order valence-corrected chi connectivity index (χ0v) is 19.6. The molecule has 3 aromatic rings. The van der Waals surface area contributed by atoms with Crippen molar-refractivity contribution in [1.29, 1.82) is 0 Å². The number of morpholine rings is 1. The van der Waals surface area contributed by atoms with Crippen LogP contribution in [-0.2, 0) is 9.53 Å². The van der Waals surface area contributed by atoms with Crippen LogP contribution >= 0.6 is 0 Å². The summed E-state index contributed by atoms with van der Waals surface area (Å²) in [5, 5.41) is 8.63. The van der Waals surface area contributed by atoms with Gasteiger partial charge in [0.05, 0.1) is 18.9 Å². The zero-order valence-electron chi connectivity index (χ0n) is 19.6. The first-order valence-electron chi connectivity index (χ1n) is 11.3. The zero-order chi connectivity index (χ0) is 24.6. The van der Waals surface area contributed by atoms with Crippen molar-refractivity contribution in [3.63, 3.8) is 0 Å². The van der Waals surface area contributed by atoms with E-state index in [9.17, 15) is 9.18 Å². The third-order valence-corrected chi connectivity index (χ3v) is 5.72. The number of amides is 1. The van der Waals surface area contributed by atoms with Gasteiger partial charge in [-0.1, -0.05) is 0 Å². The first-order valence-corrected chi connectivity index (χ1v) is 11.3. The standard InChI is InChI=1S/C24H26FN7O3/c1-14-13-32(10-11-34-14)16-6-4-15(5-7-16)27-23-26-12-17(25)20(31-23)28-19-9-8-18-21(29-19)30-22(33)24(2,3)35-18/h4-9,12,14H,10-11,13H2,1-3H3,(H3,26,27,28,29,30,31,33)/t14-/m1/s1. The number of hydrogen-bond donors (Lipinski definition) is 3. The Hall–Kier alpha value is -3.99. The third-order valence-electron chi connectivity index (χ3n) is 5.72. The summed E-state index contributed by atoms with van der Waals surface area (Å²) >= 11 is 0. The van der Waals surface area contributed by atoms with Crippen LogP contribution in [0.3, 0.4) is 0 Å². The number of carbonyl (C=O) groups excluding carboxylic acids is 1. The molecule has 1 aromatic carbocycles. The lowest BCUT2D eigenvalue weighted by Crippen LogP contribution is -2.46. The average molecular weight is 480 g/mol. The van der Waals surface area contributed by atoms with Gasteiger partial charge in [-0.25, -0.2) is 14.4 Å². The number of pyridine rings is 1.